The Morgan fingerprint density at radius 2 is 1.81 bits per heavy atom. The molecule has 1 fully saturated rings. The maximum atomic E-state index is 11.8. The average molecular weight is 300 g/mol. The van der Waals surface area contributed by atoms with E-state index in [1.165, 1.54) is 49.7 Å². The zero-order valence-corrected chi connectivity index (χ0v) is 13.0. The highest BCUT2D eigenvalue weighted by atomic mass is 32.2. The van der Waals surface area contributed by atoms with Gasteiger partial charge in [0.25, 0.3) is 0 Å². The third-order valence-electron chi connectivity index (χ3n) is 4.82. The van der Waals surface area contributed by atoms with Crippen molar-refractivity contribution in [1.82, 2.24) is 0 Å². The second-order valence-electron chi connectivity index (χ2n) is 6.28. The SMILES string of the molecule is O=c1cc(CSC2CCCC2)c2cc3c(cc2o1)CCC3. The first-order valence-electron chi connectivity index (χ1n) is 8.00. The summed E-state index contributed by atoms with van der Waals surface area (Å²) >= 11 is 2.01. The summed E-state index contributed by atoms with van der Waals surface area (Å²) in [6, 6.07) is 6.07. The summed E-state index contributed by atoms with van der Waals surface area (Å²) in [4.78, 5) is 11.8. The molecule has 1 aromatic carbocycles. The Morgan fingerprint density at radius 3 is 2.62 bits per heavy atom. The molecule has 0 amide bonds. The summed E-state index contributed by atoms with van der Waals surface area (Å²) in [5.74, 6) is 0.936. The van der Waals surface area contributed by atoms with Crippen LogP contribution in [0.4, 0.5) is 0 Å². The Morgan fingerprint density at radius 1 is 1.05 bits per heavy atom. The molecule has 0 atom stereocenters. The normalized spacial score (nSPS) is 18.5. The van der Waals surface area contributed by atoms with E-state index in [0.717, 1.165) is 34.0 Å². The maximum absolute atomic E-state index is 11.8. The Labute approximate surface area is 128 Å². The molecule has 0 N–H and O–H groups in total. The van der Waals surface area contributed by atoms with Crippen LogP contribution in [0.5, 0.6) is 0 Å². The van der Waals surface area contributed by atoms with Crippen molar-refractivity contribution in [1.29, 1.82) is 0 Å². The first-order valence-corrected chi connectivity index (χ1v) is 9.04. The van der Waals surface area contributed by atoms with Gasteiger partial charge >= 0.3 is 5.63 Å². The van der Waals surface area contributed by atoms with Gasteiger partial charge in [0.1, 0.15) is 5.58 Å². The third kappa shape index (κ3) is 2.64. The zero-order chi connectivity index (χ0) is 14.2. The average Bonchev–Trinajstić information content (AvgIpc) is 3.13. The van der Waals surface area contributed by atoms with Crippen LogP contribution in [-0.4, -0.2) is 5.25 Å². The van der Waals surface area contributed by atoms with E-state index in [-0.39, 0.29) is 5.63 Å². The summed E-state index contributed by atoms with van der Waals surface area (Å²) in [5, 5.41) is 1.93. The van der Waals surface area contributed by atoms with E-state index >= 15 is 0 Å². The van der Waals surface area contributed by atoms with Crippen LogP contribution >= 0.6 is 11.8 Å². The highest BCUT2D eigenvalue weighted by molar-refractivity contribution is 7.99. The molecule has 4 rings (SSSR count). The summed E-state index contributed by atoms with van der Waals surface area (Å²) < 4.78 is 5.43. The first-order chi connectivity index (χ1) is 10.3. The van der Waals surface area contributed by atoms with Crippen molar-refractivity contribution in [3.8, 4) is 0 Å². The maximum Gasteiger partial charge on any atom is 0.336 e. The van der Waals surface area contributed by atoms with Crippen LogP contribution in [0.15, 0.2) is 27.4 Å². The lowest BCUT2D eigenvalue weighted by Crippen LogP contribution is -2.02. The van der Waals surface area contributed by atoms with Crippen molar-refractivity contribution >= 4 is 22.7 Å². The van der Waals surface area contributed by atoms with E-state index in [0.29, 0.717) is 0 Å². The van der Waals surface area contributed by atoms with Crippen LogP contribution in [0, 0.1) is 0 Å². The van der Waals surface area contributed by atoms with E-state index in [4.69, 9.17) is 4.42 Å². The van der Waals surface area contributed by atoms with Crippen molar-refractivity contribution in [2.24, 2.45) is 0 Å². The molecular formula is C18H20O2S. The number of fused-ring (bicyclic) bond motifs is 2. The summed E-state index contributed by atoms with van der Waals surface area (Å²) in [6.07, 6.45) is 8.91. The molecule has 3 heteroatoms. The first kappa shape index (κ1) is 13.4. The topological polar surface area (TPSA) is 30.2 Å². The van der Waals surface area contributed by atoms with Gasteiger partial charge in [-0.05, 0) is 60.9 Å². The number of hydrogen-bond acceptors (Lipinski definition) is 3. The minimum Gasteiger partial charge on any atom is -0.423 e. The predicted octanol–water partition coefficient (Wildman–Crippen LogP) is 4.46. The molecule has 0 aliphatic heterocycles. The molecule has 0 unspecified atom stereocenters. The fourth-order valence-corrected chi connectivity index (χ4v) is 5.00. The highest BCUT2D eigenvalue weighted by Gasteiger charge is 2.18. The number of rotatable bonds is 3. The molecule has 2 aromatic rings. The standard InChI is InChI=1S/C18H20O2S/c19-18-10-14(11-21-15-6-1-2-7-15)16-8-12-4-3-5-13(12)9-17(16)20-18/h8-10,15H,1-7,11H2. The van der Waals surface area contributed by atoms with E-state index in [1.807, 2.05) is 11.8 Å². The Hall–Kier alpha value is -1.22. The summed E-state index contributed by atoms with van der Waals surface area (Å²) in [6.45, 7) is 0. The highest BCUT2D eigenvalue weighted by Crippen LogP contribution is 2.34. The van der Waals surface area contributed by atoms with Crippen LogP contribution < -0.4 is 5.63 Å². The van der Waals surface area contributed by atoms with E-state index in [9.17, 15) is 4.79 Å². The van der Waals surface area contributed by atoms with Crippen molar-refractivity contribution in [2.75, 3.05) is 0 Å². The molecule has 0 radical (unpaired) electrons. The predicted molar refractivity (Wildman–Crippen MR) is 88.1 cm³/mol. The van der Waals surface area contributed by atoms with E-state index < -0.39 is 0 Å². The summed E-state index contributed by atoms with van der Waals surface area (Å²) in [7, 11) is 0. The molecule has 2 aliphatic rings. The number of benzene rings is 1. The number of aryl methyl sites for hydroxylation is 2. The van der Waals surface area contributed by atoms with Gasteiger partial charge in [0.2, 0.25) is 0 Å². The van der Waals surface area contributed by atoms with Crippen LogP contribution in [0.25, 0.3) is 11.0 Å². The van der Waals surface area contributed by atoms with Crippen molar-refractivity contribution in [2.45, 2.75) is 55.9 Å². The van der Waals surface area contributed by atoms with Crippen LogP contribution in [0.1, 0.15) is 48.8 Å². The molecule has 110 valence electrons. The van der Waals surface area contributed by atoms with Gasteiger partial charge in [0.15, 0.2) is 0 Å². The van der Waals surface area contributed by atoms with Crippen molar-refractivity contribution in [3.63, 3.8) is 0 Å². The van der Waals surface area contributed by atoms with Crippen LogP contribution in [0.2, 0.25) is 0 Å². The number of thioether (sulfide) groups is 1. The molecule has 0 saturated heterocycles. The molecule has 0 bridgehead atoms. The lowest BCUT2D eigenvalue weighted by molar-refractivity contribution is 0.559. The molecule has 1 heterocycles. The molecule has 1 saturated carbocycles. The lowest BCUT2D eigenvalue weighted by atomic mass is 10.0. The monoisotopic (exact) mass is 300 g/mol. The van der Waals surface area contributed by atoms with Crippen molar-refractivity contribution < 1.29 is 4.42 Å². The fourth-order valence-electron chi connectivity index (χ4n) is 3.68. The van der Waals surface area contributed by atoms with Crippen LogP contribution in [0.3, 0.4) is 0 Å². The number of hydrogen-bond donors (Lipinski definition) is 0. The van der Waals surface area contributed by atoms with Gasteiger partial charge in [-0.1, -0.05) is 12.8 Å². The van der Waals surface area contributed by atoms with Gasteiger partial charge in [0.05, 0.1) is 0 Å². The van der Waals surface area contributed by atoms with Gasteiger partial charge in [-0.3, -0.25) is 0 Å². The quantitative estimate of drug-likeness (QED) is 0.784. The molecule has 2 aliphatic carbocycles. The zero-order valence-electron chi connectivity index (χ0n) is 12.2. The lowest BCUT2D eigenvalue weighted by Gasteiger charge is -2.11. The second-order valence-corrected chi connectivity index (χ2v) is 7.57. The molecule has 0 spiro atoms. The smallest absolute Gasteiger partial charge is 0.336 e. The molecule has 1 aromatic heterocycles. The molecular weight excluding hydrogens is 280 g/mol. The van der Waals surface area contributed by atoms with Crippen molar-refractivity contribution in [3.05, 3.63) is 45.3 Å². The second kappa shape index (κ2) is 5.53. The Bertz CT molecular complexity index is 726. The fraction of sp³-hybridized carbons (Fsp3) is 0.500. The van der Waals surface area contributed by atoms with Gasteiger partial charge in [-0.2, -0.15) is 11.8 Å². The largest absolute Gasteiger partial charge is 0.423 e. The Balaban J connectivity index is 1.71. The molecule has 21 heavy (non-hydrogen) atoms. The van der Waals surface area contributed by atoms with Gasteiger partial charge in [-0.15, -0.1) is 0 Å². The van der Waals surface area contributed by atoms with Gasteiger partial charge in [0, 0.05) is 22.5 Å². The Kier molecular flexibility index (Phi) is 3.54. The third-order valence-corrected chi connectivity index (χ3v) is 6.24. The van der Waals surface area contributed by atoms with Gasteiger partial charge < -0.3 is 4.42 Å². The van der Waals surface area contributed by atoms with Crippen LogP contribution in [-0.2, 0) is 18.6 Å². The summed E-state index contributed by atoms with van der Waals surface area (Å²) in [5.41, 5.74) is 4.55. The van der Waals surface area contributed by atoms with E-state index in [1.54, 1.807) is 6.07 Å². The molecule has 2 nitrogen and oxygen atoms in total. The minimum absolute atomic E-state index is 0.206. The van der Waals surface area contributed by atoms with Gasteiger partial charge in [-0.25, -0.2) is 4.79 Å². The van der Waals surface area contributed by atoms with E-state index in [2.05, 4.69) is 12.1 Å². The minimum atomic E-state index is -0.206.